The van der Waals surface area contributed by atoms with E-state index in [9.17, 15) is 9.59 Å². The predicted molar refractivity (Wildman–Crippen MR) is 233 cm³/mol. The summed E-state index contributed by atoms with van der Waals surface area (Å²) in [6.45, 7) is 1.35. The van der Waals surface area contributed by atoms with E-state index in [0.717, 1.165) is 52.6 Å². The van der Waals surface area contributed by atoms with Crippen molar-refractivity contribution >= 4 is 11.9 Å². The smallest absolute Gasteiger partial charge is 0.306 e. The number of ether oxygens (including phenoxy) is 6. The first-order chi connectivity index (χ1) is 30.0. The molecule has 0 radical (unpaired) electrons. The molecule has 0 amide bonds. The molecular formula is C52H52O9. The van der Waals surface area contributed by atoms with Crippen LogP contribution >= 0.6 is 0 Å². The number of unbranched alkanes of at least 4 members (excludes halogenated alkanes) is 4. The normalized spacial score (nSPS) is 14.2. The summed E-state index contributed by atoms with van der Waals surface area (Å²) in [5, 5.41) is 8.96. The first-order valence-corrected chi connectivity index (χ1v) is 21.0. The summed E-state index contributed by atoms with van der Waals surface area (Å²) < 4.78 is 38.9. The van der Waals surface area contributed by atoms with Crippen molar-refractivity contribution in [1.29, 1.82) is 0 Å². The predicted octanol–water partition coefficient (Wildman–Crippen LogP) is 11.4. The number of carbonyl (C=O) groups is 2. The van der Waals surface area contributed by atoms with Crippen molar-refractivity contribution in [3.8, 4) is 28.7 Å². The molecule has 1 heterocycles. The molecular weight excluding hydrogens is 769 g/mol. The van der Waals surface area contributed by atoms with Crippen LogP contribution in [0.15, 0.2) is 152 Å². The van der Waals surface area contributed by atoms with Gasteiger partial charge in [0.25, 0.3) is 0 Å². The molecule has 0 unspecified atom stereocenters. The molecule has 0 saturated carbocycles. The second-order valence-electron chi connectivity index (χ2n) is 15.1. The number of aliphatic carboxylic acids is 1. The van der Waals surface area contributed by atoms with Gasteiger partial charge in [-0.05, 0) is 47.2 Å². The van der Waals surface area contributed by atoms with Gasteiger partial charge in [0, 0.05) is 42.5 Å². The Morgan fingerprint density at radius 1 is 0.525 bits per heavy atom. The first kappa shape index (κ1) is 42.4. The minimum atomic E-state index is -0.789. The fourth-order valence-corrected chi connectivity index (χ4v) is 7.21. The lowest BCUT2D eigenvalue weighted by atomic mass is 9.93. The summed E-state index contributed by atoms with van der Waals surface area (Å²) in [6, 6.07) is 49.3. The maximum atomic E-state index is 13.6. The lowest BCUT2D eigenvalue weighted by Crippen LogP contribution is -2.35. The Morgan fingerprint density at radius 2 is 1.02 bits per heavy atom. The molecule has 0 spiro atoms. The van der Waals surface area contributed by atoms with Crippen molar-refractivity contribution in [3.05, 3.63) is 185 Å². The van der Waals surface area contributed by atoms with E-state index in [1.807, 2.05) is 152 Å². The molecule has 2 atom stereocenters. The number of esters is 1. The van der Waals surface area contributed by atoms with E-state index in [0.29, 0.717) is 74.4 Å². The molecule has 0 saturated heterocycles. The highest BCUT2D eigenvalue weighted by Gasteiger charge is 2.37. The average molecular weight is 821 g/mol. The third-order valence-electron chi connectivity index (χ3n) is 10.4. The number of fused-ring (bicyclic) bond motifs is 1. The minimum Gasteiger partial charge on any atom is -0.489 e. The van der Waals surface area contributed by atoms with Gasteiger partial charge in [-0.15, -0.1) is 0 Å². The van der Waals surface area contributed by atoms with Crippen molar-refractivity contribution in [3.63, 3.8) is 0 Å². The zero-order valence-electron chi connectivity index (χ0n) is 34.3. The SMILES string of the molecule is O=C(O)CCCCCCCC(=O)O[C@H]1Cc2c(OCc3ccccc3)cc(OCc3ccccc3)cc2O[C@@H]1c1ccc(OCc2ccccc2)c(OCc2ccccc2)c1. The van der Waals surface area contributed by atoms with Crippen LogP contribution in [0.1, 0.15) is 84.4 Å². The maximum Gasteiger partial charge on any atom is 0.306 e. The van der Waals surface area contributed by atoms with Crippen LogP contribution in [0.25, 0.3) is 0 Å². The number of carbonyl (C=O) groups excluding carboxylic acids is 1. The molecule has 1 aliphatic heterocycles. The van der Waals surface area contributed by atoms with E-state index < -0.39 is 18.2 Å². The van der Waals surface area contributed by atoms with E-state index in [1.165, 1.54) is 0 Å². The first-order valence-electron chi connectivity index (χ1n) is 21.0. The van der Waals surface area contributed by atoms with E-state index in [4.69, 9.17) is 33.5 Å². The van der Waals surface area contributed by atoms with Gasteiger partial charge in [0.2, 0.25) is 0 Å². The highest BCUT2D eigenvalue weighted by Crippen LogP contribution is 2.45. The van der Waals surface area contributed by atoms with E-state index in [2.05, 4.69) is 0 Å². The summed E-state index contributed by atoms with van der Waals surface area (Å²) in [7, 11) is 0. The molecule has 0 fully saturated rings. The summed E-state index contributed by atoms with van der Waals surface area (Å²) >= 11 is 0. The molecule has 314 valence electrons. The summed E-state index contributed by atoms with van der Waals surface area (Å²) in [5.74, 6) is 1.73. The van der Waals surface area contributed by atoms with Crippen LogP contribution in [0, 0.1) is 0 Å². The fourth-order valence-electron chi connectivity index (χ4n) is 7.21. The highest BCUT2D eigenvalue weighted by molar-refractivity contribution is 5.70. The molecule has 9 heteroatoms. The van der Waals surface area contributed by atoms with Crippen LogP contribution in [-0.4, -0.2) is 23.1 Å². The van der Waals surface area contributed by atoms with E-state index >= 15 is 0 Å². The van der Waals surface area contributed by atoms with Gasteiger partial charge >= 0.3 is 11.9 Å². The standard InChI is InChI=1S/C52H52O9/c53-50(54)26-16-2-1-3-17-27-51(55)60-49-33-44-46(58-36-40-22-12-6-13-23-40)31-43(56-34-38-18-8-4-9-19-38)32-47(44)61-52(49)42-28-29-45(57-35-39-20-10-5-11-21-39)48(30-42)59-37-41-24-14-7-15-25-41/h4-15,18-25,28-32,49,52H,1-3,16-17,26-27,33-37H2,(H,53,54)/t49-,52+/m0/s1. The van der Waals surface area contributed by atoms with Crippen molar-refractivity contribution < 1.29 is 43.1 Å². The monoisotopic (exact) mass is 820 g/mol. The zero-order chi connectivity index (χ0) is 42.1. The Balaban J connectivity index is 1.18. The zero-order valence-corrected chi connectivity index (χ0v) is 34.3. The van der Waals surface area contributed by atoms with Crippen LogP contribution in [0.5, 0.6) is 28.7 Å². The largest absolute Gasteiger partial charge is 0.489 e. The number of hydrogen-bond donors (Lipinski definition) is 1. The third kappa shape index (κ3) is 12.9. The van der Waals surface area contributed by atoms with Crippen molar-refractivity contribution in [2.45, 2.75) is 90.0 Å². The van der Waals surface area contributed by atoms with Gasteiger partial charge in [-0.25, -0.2) is 0 Å². The molecule has 61 heavy (non-hydrogen) atoms. The molecule has 7 rings (SSSR count). The lowest BCUT2D eigenvalue weighted by Gasteiger charge is -2.35. The van der Waals surface area contributed by atoms with Gasteiger partial charge < -0.3 is 33.5 Å². The quantitative estimate of drug-likeness (QED) is 0.0529. The Bertz CT molecular complexity index is 2280. The Hall–Kier alpha value is -6.74. The maximum absolute atomic E-state index is 13.6. The summed E-state index contributed by atoms with van der Waals surface area (Å²) in [4.78, 5) is 24.5. The molecule has 6 aromatic rings. The van der Waals surface area contributed by atoms with E-state index in [1.54, 1.807) is 0 Å². The summed E-state index contributed by atoms with van der Waals surface area (Å²) in [6.07, 6.45) is 3.03. The summed E-state index contributed by atoms with van der Waals surface area (Å²) in [5.41, 5.74) is 5.58. The highest BCUT2D eigenvalue weighted by atomic mass is 16.6. The van der Waals surface area contributed by atoms with Gasteiger partial charge in [0.05, 0.1) is 0 Å². The fraction of sp³-hybridized carbons (Fsp3) is 0.269. The average Bonchev–Trinajstić information content (AvgIpc) is 3.29. The minimum absolute atomic E-state index is 0.156. The second kappa shape index (κ2) is 22.0. The van der Waals surface area contributed by atoms with Crippen LogP contribution in [-0.2, 0) is 47.2 Å². The third-order valence-corrected chi connectivity index (χ3v) is 10.4. The molecule has 9 nitrogen and oxygen atoms in total. The molecule has 0 bridgehead atoms. The van der Waals surface area contributed by atoms with Crippen LogP contribution in [0.4, 0.5) is 0 Å². The van der Waals surface area contributed by atoms with E-state index in [-0.39, 0.29) is 18.8 Å². The Labute approximate surface area is 357 Å². The number of benzene rings is 6. The topological polar surface area (TPSA) is 110 Å². The number of rotatable bonds is 22. The Morgan fingerprint density at radius 3 is 1.57 bits per heavy atom. The van der Waals surface area contributed by atoms with Crippen molar-refractivity contribution in [1.82, 2.24) is 0 Å². The number of carboxylic acids is 1. The molecule has 0 aromatic heterocycles. The molecule has 6 aromatic carbocycles. The Kier molecular flexibility index (Phi) is 15.3. The molecule has 1 N–H and O–H groups in total. The van der Waals surface area contributed by atoms with Crippen molar-refractivity contribution in [2.24, 2.45) is 0 Å². The van der Waals surface area contributed by atoms with Crippen LogP contribution in [0.2, 0.25) is 0 Å². The van der Waals surface area contributed by atoms with Gasteiger partial charge in [-0.2, -0.15) is 0 Å². The number of carboxylic acid groups (broad SMARTS) is 1. The van der Waals surface area contributed by atoms with Crippen LogP contribution in [0.3, 0.4) is 0 Å². The van der Waals surface area contributed by atoms with Crippen molar-refractivity contribution in [2.75, 3.05) is 0 Å². The van der Waals surface area contributed by atoms with Gasteiger partial charge in [0.1, 0.15) is 49.8 Å². The second-order valence-corrected chi connectivity index (χ2v) is 15.1. The van der Waals surface area contributed by atoms with Gasteiger partial charge in [0.15, 0.2) is 17.6 Å². The molecule has 0 aliphatic carbocycles. The lowest BCUT2D eigenvalue weighted by molar-refractivity contribution is -0.155. The molecule has 1 aliphatic rings. The van der Waals surface area contributed by atoms with Gasteiger partial charge in [-0.1, -0.05) is 147 Å². The van der Waals surface area contributed by atoms with Gasteiger partial charge in [-0.3, -0.25) is 9.59 Å². The number of hydrogen-bond acceptors (Lipinski definition) is 8. The van der Waals surface area contributed by atoms with Crippen LogP contribution < -0.4 is 23.7 Å².